The van der Waals surface area contributed by atoms with Crippen molar-refractivity contribution in [3.05, 3.63) is 33.7 Å². The van der Waals surface area contributed by atoms with Crippen LogP contribution in [0, 0.1) is 6.92 Å². The van der Waals surface area contributed by atoms with Crippen LogP contribution in [0.2, 0.25) is 0 Å². The summed E-state index contributed by atoms with van der Waals surface area (Å²) in [6, 6.07) is 3.27. The van der Waals surface area contributed by atoms with Crippen molar-refractivity contribution in [1.82, 2.24) is 4.98 Å². The monoisotopic (exact) mass is 347 g/mol. The molecule has 2 heterocycles. The largest absolute Gasteiger partial charge is 0.397 e. The molecule has 0 amide bonds. The van der Waals surface area contributed by atoms with E-state index in [1.54, 1.807) is 24.4 Å². The number of hydrogen-bond acceptors (Lipinski definition) is 5. The number of nitrogens with zero attached hydrogens (tertiary/aromatic N) is 1. The first kappa shape index (κ1) is 13.3. The van der Waals surface area contributed by atoms with E-state index in [9.17, 15) is 8.42 Å². The molecular weight excluding hydrogens is 338 g/mol. The number of thiophene rings is 1. The van der Waals surface area contributed by atoms with Crippen LogP contribution in [0.1, 0.15) is 5.56 Å². The van der Waals surface area contributed by atoms with Gasteiger partial charge in [-0.3, -0.25) is 4.72 Å². The number of rotatable bonds is 3. The third-order valence-electron chi connectivity index (χ3n) is 2.22. The molecule has 8 heteroatoms. The third-order valence-corrected chi connectivity index (χ3v) is 6.24. The summed E-state index contributed by atoms with van der Waals surface area (Å²) in [5.41, 5.74) is 6.92. The van der Waals surface area contributed by atoms with Crippen molar-refractivity contribution in [2.75, 3.05) is 10.5 Å². The van der Waals surface area contributed by atoms with Crippen molar-refractivity contribution in [2.24, 2.45) is 0 Å². The molecule has 2 rings (SSSR count). The smallest absolute Gasteiger partial charge is 0.273 e. The Morgan fingerprint density at radius 1 is 1.50 bits per heavy atom. The standard InChI is InChI=1S/C10H10BrN3O2S2/c1-6-4-9(13-5-8(6)12)14-18(15,16)10-7(11)2-3-17-10/h2-5H,12H2,1H3,(H,13,14). The van der Waals surface area contributed by atoms with Gasteiger partial charge in [-0.05, 0) is 45.9 Å². The Morgan fingerprint density at radius 3 is 2.78 bits per heavy atom. The number of halogens is 1. The average molecular weight is 348 g/mol. The highest BCUT2D eigenvalue weighted by Gasteiger charge is 2.19. The minimum Gasteiger partial charge on any atom is -0.397 e. The second kappa shape index (κ2) is 4.87. The number of pyridine rings is 1. The van der Waals surface area contributed by atoms with Crippen LogP contribution in [0.4, 0.5) is 11.5 Å². The van der Waals surface area contributed by atoms with E-state index >= 15 is 0 Å². The Morgan fingerprint density at radius 2 is 2.22 bits per heavy atom. The molecule has 2 aromatic rings. The van der Waals surface area contributed by atoms with Crippen LogP contribution in [0.5, 0.6) is 0 Å². The lowest BCUT2D eigenvalue weighted by Crippen LogP contribution is -2.13. The first-order chi connectivity index (χ1) is 8.40. The predicted octanol–water partition coefficient (Wildman–Crippen LogP) is 2.60. The van der Waals surface area contributed by atoms with Crippen molar-refractivity contribution in [2.45, 2.75) is 11.1 Å². The summed E-state index contributed by atoms with van der Waals surface area (Å²) in [5.74, 6) is 0.252. The number of hydrogen-bond donors (Lipinski definition) is 2. The number of anilines is 2. The molecule has 0 aliphatic heterocycles. The Balaban J connectivity index is 2.34. The fourth-order valence-corrected chi connectivity index (χ4v) is 4.62. The van der Waals surface area contributed by atoms with Crippen LogP contribution in [-0.2, 0) is 10.0 Å². The van der Waals surface area contributed by atoms with Gasteiger partial charge in [-0.2, -0.15) is 0 Å². The molecule has 3 N–H and O–H groups in total. The molecule has 0 unspecified atom stereocenters. The second-order valence-corrected chi connectivity index (χ2v) is 7.24. The van der Waals surface area contributed by atoms with Crippen molar-refractivity contribution in [3.63, 3.8) is 0 Å². The summed E-state index contributed by atoms with van der Waals surface area (Å²) in [7, 11) is -3.61. The SMILES string of the molecule is Cc1cc(NS(=O)(=O)c2sccc2Br)ncc1N. The van der Waals surface area contributed by atoms with Gasteiger partial charge < -0.3 is 5.73 Å². The zero-order valence-electron chi connectivity index (χ0n) is 9.34. The first-order valence-electron chi connectivity index (χ1n) is 4.88. The van der Waals surface area contributed by atoms with E-state index in [2.05, 4.69) is 25.6 Å². The molecule has 0 spiro atoms. The quantitative estimate of drug-likeness (QED) is 0.893. The van der Waals surface area contributed by atoms with Gasteiger partial charge in [0.25, 0.3) is 10.0 Å². The van der Waals surface area contributed by atoms with Crippen LogP contribution >= 0.6 is 27.3 Å². The minimum absolute atomic E-state index is 0.221. The van der Waals surface area contributed by atoms with Gasteiger partial charge in [0.2, 0.25) is 0 Å². The van der Waals surface area contributed by atoms with Crippen LogP contribution < -0.4 is 10.5 Å². The zero-order chi connectivity index (χ0) is 13.3. The fourth-order valence-electron chi connectivity index (χ4n) is 1.28. The van der Waals surface area contributed by atoms with Crippen molar-refractivity contribution in [1.29, 1.82) is 0 Å². The van der Waals surface area contributed by atoms with Crippen LogP contribution in [0.3, 0.4) is 0 Å². The second-order valence-electron chi connectivity index (χ2n) is 3.59. The highest BCUT2D eigenvalue weighted by atomic mass is 79.9. The van der Waals surface area contributed by atoms with E-state index in [-0.39, 0.29) is 10.0 Å². The van der Waals surface area contributed by atoms with Gasteiger partial charge in [0.1, 0.15) is 5.82 Å². The summed E-state index contributed by atoms with van der Waals surface area (Å²) in [6.07, 6.45) is 1.43. The van der Waals surface area contributed by atoms with E-state index in [0.29, 0.717) is 10.2 Å². The van der Waals surface area contributed by atoms with E-state index in [0.717, 1.165) is 16.9 Å². The molecule has 0 fully saturated rings. The number of nitrogen functional groups attached to an aromatic ring is 1. The minimum atomic E-state index is -3.61. The number of aryl methyl sites for hydroxylation is 1. The molecule has 18 heavy (non-hydrogen) atoms. The molecule has 0 aromatic carbocycles. The van der Waals surface area contributed by atoms with Crippen molar-refractivity contribution >= 4 is 48.8 Å². The molecule has 0 radical (unpaired) electrons. The van der Waals surface area contributed by atoms with E-state index in [1.165, 1.54) is 6.20 Å². The molecule has 0 bridgehead atoms. The van der Waals surface area contributed by atoms with E-state index in [4.69, 9.17) is 5.73 Å². The van der Waals surface area contributed by atoms with Gasteiger partial charge in [-0.15, -0.1) is 11.3 Å². The first-order valence-corrected chi connectivity index (χ1v) is 8.03. The topological polar surface area (TPSA) is 85.1 Å². The van der Waals surface area contributed by atoms with Gasteiger partial charge in [-0.25, -0.2) is 13.4 Å². The fraction of sp³-hybridized carbons (Fsp3) is 0.100. The molecule has 0 aliphatic rings. The lowest BCUT2D eigenvalue weighted by atomic mass is 10.2. The Kier molecular flexibility index (Phi) is 3.60. The summed E-state index contributed by atoms with van der Waals surface area (Å²) in [5, 5.41) is 1.69. The Labute approximate surface area is 117 Å². The maximum Gasteiger partial charge on any atom is 0.273 e. The Bertz CT molecular complexity index is 682. The van der Waals surface area contributed by atoms with E-state index < -0.39 is 10.0 Å². The van der Waals surface area contributed by atoms with Gasteiger partial charge in [0, 0.05) is 4.47 Å². The molecular formula is C10H10BrN3O2S2. The zero-order valence-corrected chi connectivity index (χ0v) is 12.6. The summed E-state index contributed by atoms with van der Waals surface area (Å²) < 4.78 is 27.3. The molecule has 0 atom stereocenters. The van der Waals surface area contributed by atoms with Crippen molar-refractivity contribution < 1.29 is 8.42 Å². The summed E-state index contributed by atoms with van der Waals surface area (Å²) in [6.45, 7) is 1.79. The Hall–Kier alpha value is -1.12. The van der Waals surface area contributed by atoms with Gasteiger partial charge in [0.05, 0.1) is 11.9 Å². The van der Waals surface area contributed by atoms with Crippen molar-refractivity contribution in [3.8, 4) is 0 Å². The van der Waals surface area contributed by atoms with Crippen LogP contribution in [-0.4, -0.2) is 13.4 Å². The van der Waals surface area contributed by atoms with Crippen LogP contribution in [0.25, 0.3) is 0 Å². The molecule has 96 valence electrons. The maximum absolute atomic E-state index is 12.1. The highest BCUT2D eigenvalue weighted by Crippen LogP contribution is 2.29. The van der Waals surface area contributed by atoms with Gasteiger partial charge >= 0.3 is 0 Å². The lowest BCUT2D eigenvalue weighted by molar-refractivity contribution is 0.602. The molecule has 0 aliphatic carbocycles. The number of sulfonamides is 1. The lowest BCUT2D eigenvalue weighted by Gasteiger charge is -2.07. The van der Waals surface area contributed by atoms with Crippen LogP contribution in [0.15, 0.2) is 32.4 Å². The predicted molar refractivity (Wildman–Crippen MR) is 76.2 cm³/mol. The van der Waals surface area contributed by atoms with E-state index in [1.807, 2.05) is 0 Å². The third kappa shape index (κ3) is 2.65. The van der Waals surface area contributed by atoms with Gasteiger partial charge in [0.15, 0.2) is 4.21 Å². The molecule has 2 aromatic heterocycles. The summed E-state index contributed by atoms with van der Waals surface area (Å²) >= 11 is 4.33. The number of aromatic nitrogens is 1. The molecule has 0 saturated heterocycles. The molecule has 0 saturated carbocycles. The average Bonchev–Trinajstić information content (AvgIpc) is 2.70. The molecule has 5 nitrogen and oxygen atoms in total. The van der Waals surface area contributed by atoms with Gasteiger partial charge in [-0.1, -0.05) is 0 Å². The number of nitrogens with one attached hydrogen (secondary N) is 1. The normalized spacial score (nSPS) is 11.4. The number of nitrogens with two attached hydrogens (primary N) is 1. The highest BCUT2D eigenvalue weighted by molar-refractivity contribution is 9.10. The summed E-state index contributed by atoms with van der Waals surface area (Å²) in [4.78, 5) is 3.94. The maximum atomic E-state index is 12.1.